The number of esters is 1. The zero-order valence-corrected chi connectivity index (χ0v) is 20.8. The highest BCUT2D eigenvalue weighted by molar-refractivity contribution is 7.80. The SMILES string of the molecule is COCOc1ccc(CN(C(N)=S)[C@H](COC(=O)C(C)(C)C)Cc2ccccc2)cc1OC. The summed E-state index contributed by atoms with van der Waals surface area (Å²) >= 11 is 5.40. The van der Waals surface area contributed by atoms with Gasteiger partial charge in [0.25, 0.3) is 0 Å². The Hall–Kier alpha value is -2.84. The number of benzene rings is 2. The molecule has 0 fully saturated rings. The van der Waals surface area contributed by atoms with Gasteiger partial charge in [-0.25, -0.2) is 0 Å². The van der Waals surface area contributed by atoms with Crippen LogP contribution in [0.25, 0.3) is 0 Å². The van der Waals surface area contributed by atoms with Crippen LogP contribution in [0.15, 0.2) is 48.5 Å². The van der Waals surface area contributed by atoms with Gasteiger partial charge in [-0.15, -0.1) is 0 Å². The first-order valence-electron chi connectivity index (χ1n) is 10.7. The minimum Gasteiger partial charge on any atom is -0.493 e. The van der Waals surface area contributed by atoms with E-state index in [4.69, 9.17) is 36.9 Å². The van der Waals surface area contributed by atoms with Gasteiger partial charge in [-0.3, -0.25) is 4.79 Å². The Morgan fingerprint density at radius 3 is 2.33 bits per heavy atom. The van der Waals surface area contributed by atoms with E-state index < -0.39 is 5.41 Å². The van der Waals surface area contributed by atoms with Crippen molar-refractivity contribution in [2.24, 2.45) is 11.1 Å². The lowest BCUT2D eigenvalue weighted by atomic mass is 9.97. The molecule has 0 saturated heterocycles. The molecule has 2 aromatic carbocycles. The zero-order valence-electron chi connectivity index (χ0n) is 20.0. The van der Waals surface area contributed by atoms with Crippen molar-refractivity contribution in [1.82, 2.24) is 4.90 Å². The van der Waals surface area contributed by atoms with E-state index in [9.17, 15) is 4.79 Å². The molecule has 0 saturated carbocycles. The monoisotopic (exact) mass is 474 g/mol. The number of rotatable bonds is 11. The van der Waals surface area contributed by atoms with Crippen molar-refractivity contribution in [3.8, 4) is 11.5 Å². The Labute approximate surface area is 201 Å². The van der Waals surface area contributed by atoms with Crippen LogP contribution in [0.1, 0.15) is 31.9 Å². The first-order valence-corrected chi connectivity index (χ1v) is 11.1. The molecule has 2 rings (SSSR count). The van der Waals surface area contributed by atoms with Gasteiger partial charge >= 0.3 is 5.97 Å². The molecule has 1 atom stereocenters. The van der Waals surface area contributed by atoms with Gasteiger partial charge in [-0.1, -0.05) is 36.4 Å². The zero-order chi connectivity index (χ0) is 24.4. The number of hydrogen-bond donors (Lipinski definition) is 1. The highest BCUT2D eigenvalue weighted by atomic mass is 32.1. The summed E-state index contributed by atoms with van der Waals surface area (Å²) < 4.78 is 21.6. The fraction of sp³-hybridized carbons (Fsp3) is 0.440. The quantitative estimate of drug-likeness (QED) is 0.298. The number of thiocarbonyl (C=S) groups is 1. The lowest BCUT2D eigenvalue weighted by Crippen LogP contribution is -2.47. The van der Waals surface area contributed by atoms with Gasteiger partial charge in [0.1, 0.15) is 6.61 Å². The molecule has 0 amide bonds. The van der Waals surface area contributed by atoms with Crippen LogP contribution in [-0.2, 0) is 27.2 Å². The van der Waals surface area contributed by atoms with E-state index in [1.54, 1.807) is 14.2 Å². The van der Waals surface area contributed by atoms with Gasteiger partial charge in [0, 0.05) is 13.7 Å². The number of carbonyl (C=O) groups excluding carboxylic acids is 1. The van der Waals surface area contributed by atoms with Crippen LogP contribution in [0.4, 0.5) is 0 Å². The number of nitrogens with zero attached hydrogens (tertiary/aromatic N) is 1. The van der Waals surface area contributed by atoms with E-state index in [1.165, 1.54) is 0 Å². The predicted molar refractivity (Wildman–Crippen MR) is 132 cm³/mol. The topological polar surface area (TPSA) is 83.3 Å². The Balaban J connectivity index is 2.28. The fourth-order valence-corrected chi connectivity index (χ4v) is 3.38. The normalized spacial score (nSPS) is 12.0. The number of carbonyl (C=O) groups is 1. The predicted octanol–water partition coefficient (Wildman–Crippen LogP) is 3.92. The van der Waals surface area contributed by atoms with Crippen molar-refractivity contribution >= 4 is 23.3 Å². The maximum Gasteiger partial charge on any atom is 0.311 e. The van der Waals surface area contributed by atoms with Crippen molar-refractivity contribution in [3.63, 3.8) is 0 Å². The fourth-order valence-electron chi connectivity index (χ4n) is 3.17. The van der Waals surface area contributed by atoms with Crippen molar-refractivity contribution in [1.29, 1.82) is 0 Å². The third-order valence-electron chi connectivity index (χ3n) is 4.97. The van der Waals surface area contributed by atoms with Crippen LogP contribution >= 0.6 is 12.2 Å². The second-order valence-corrected chi connectivity index (χ2v) is 9.11. The summed E-state index contributed by atoms with van der Waals surface area (Å²) in [5.41, 5.74) is 7.56. The highest BCUT2D eigenvalue weighted by Crippen LogP contribution is 2.29. The maximum absolute atomic E-state index is 12.4. The lowest BCUT2D eigenvalue weighted by molar-refractivity contribution is -0.154. The van der Waals surface area contributed by atoms with Gasteiger partial charge in [0.2, 0.25) is 0 Å². The van der Waals surface area contributed by atoms with Crippen molar-refractivity contribution in [2.45, 2.75) is 39.8 Å². The molecule has 0 heterocycles. The van der Waals surface area contributed by atoms with E-state index in [0.29, 0.717) is 24.5 Å². The summed E-state index contributed by atoms with van der Waals surface area (Å²) in [4.78, 5) is 14.3. The summed E-state index contributed by atoms with van der Waals surface area (Å²) in [7, 11) is 3.13. The first kappa shape index (κ1) is 26.4. The second-order valence-electron chi connectivity index (χ2n) is 8.69. The molecule has 0 bridgehead atoms. The summed E-state index contributed by atoms with van der Waals surface area (Å²) in [5, 5.41) is 0.224. The van der Waals surface area contributed by atoms with Gasteiger partial charge in [0.15, 0.2) is 23.4 Å². The molecule has 0 aromatic heterocycles. The number of methoxy groups -OCH3 is 2. The van der Waals surface area contributed by atoms with Crippen LogP contribution in [0.3, 0.4) is 0 Å². The Bertz CT molecular complexity index is 915. The Morgan fingerprint density at radius 2 is 1.76 bits per heavy atom. The van der Waals surface area contributed by atoms with Crippen LogP contribution in [0.2, 0.25) is 0 Å². The first-order chi connectivity index (χ1) is 15.7. The van der Waals surface area contributed by atoms with Gasteiger partial charge < -0.3 is 29.6 Å². The highest BCUT2D eigenvalue weighted by Gasteiger charge is 2.27. The van der Waals surface area contributed by atoms with E-state index >= 15 is 0 Å². The summed E-state index contributed by atoms with van der Waals surface area (Å²) in [6.45, 7) is 6.17. The van der Waals surface area contributed by atoms with Crippen molar-refractivity contribution < 1.29 is 23.7 Å². The maximum atomic E-state index is 12.4. The molecular formula is C25H34N2O5S. The largest absolute Gasteiger partial charge is 0.493 e. The van der Waals surface area contributed by atoms with Gasteiger partial charge in [-0.05, 0) is 62.7 Å². The molecule has 0 aliphatic rings. The molecule has 8 heteroatoms. The van der Waals surface area contributed by atoms with E-state index in [-0.39, 0.29) is 30.5 Å². The third-order valence-corrected chi connectivity index (χ3v) is 5.20. The molecule has 7 nitrogen and oxygen atoms in total. The minimum absolute atomic E-state index is 0.118. The van der Waals surface area contributed by atoms with Gasteiger partial charge in [0.05, 0.1) is 18.6 Å². The molecule has 0 aliphatic carbocycles. The third kappa shape index (κ3) is 8.22. The molecule has 2 N–H and O–H groups in total. The number of nitrogens with two attached hydrogens (primary N) is 1. The molecule has 33 heavy (non-hydrogen) atoms. The number of ether oxygens (including phenoxy) is 4. The smallest absolute Gasteiger partial charge is 0.311 e. The molecule has 180 valence electrons. The Kier molecular flexibility index (Phi) is 9.94. The van der Waals surface area contributed by atoms with Crippen molar-refractivity contribution in [3.05, 3.63) is 59.7 Å². The van der Waals surface area contributed by atoms with Crippen LogP contribution in [-0.4, -0.2) is 49.6 Å². The molecule has 0 unspecified atom stereocenters. The molecule has 0 radical (unpaired) electrons. The second kappa shape index (κ2) is 12.4. The van der Waals surface area contributed by atoms with Crippen LogP contribution in [0, 0.1) is 5.41 Å². The molecule has 0 spiro atoms. The number of hydrogen-bond acceptors (Lipinski definition) is 6. The van der Waals surface area contributed by atoms with E-state index in [0.717, 1.165) is 11.1 Å². The van der Waals surface area contributed by atoms with Crippen LogP contribution in [0.5, 0.6) is 11.5 Å². The van der Waals surface area contributed by atoms with Crippen molar-refractivity contribution in [2.75, 3.05) is 27.6 Å². The summed E-state index contributed by atoms with van der Waals surface area (Å²) in [6, 6.07) is 15.3. The molecule has 0 aliphatic heterocycles. The van der Waals surface area contributed by atoms with Gasteiger partial charge in [-0.2, -0.15) is 0 Å². The molecule has 2 aromatic rings. The molecular weight excluding hydrogens is 440 g/mol. The van der Waals surface area contributed by atoms with E-state index in [1.807, 2.05) is 74.2 Å². The average molecular weight is 475 g/mol. The summed E-state index contributed by atoms with van der Waals surface area (Å²) in [5.74, 6) is 0.876. The van der Waals surface area contributed by atoms with Crippen LogP contribution < -0.4 is 15.2 Å². The minimum atomic E-state index is -0.600. The lowest BCUT2D eigenvalue weighted by Gasteiger charge is -2.33. The average Bonchev–Trinajstić information content (AvgIpc) is 2.78. The summed E-state index contributed by atoms with van der Waals surface area (Å²) in [6.07, 6.45) is 0.613. The van der Waals surface area contributed by atoms with E-state index in [2.05, 4.69) is 0 Å². The standard InChI is InChI=1S/C25H34N2O5S/c1-25(2,3)23(28)31-16-20(13-18-9-7-6-8-10-18)27(24(26)33)15-19-11-12-21(32-17-29-4)22(14-19)30-5/h6-12,14,20H,13,15-17H2,1-5H3,(H2,26,33)/t20-/m0/s1. The Morgan fingerprint density at radius 1 is 1.06 bits per heavy atom.